The second kappa shape index (κ2) is 5.69. The second-order valence-corrected chi connectivity index (χ2v) is 4.04. The van der Waals surface area contributed by atoms with E-state index in [0.717, 1.165) is 12.8 Å². The lowest BCUT2D eigenvalue weighted by Crippen LogP contribution is -2.54. The van der Waals surface area contributed by atoms with Crippen molar-refractivity contribution in [1.82, 2.24) is 0 Å². The van der Waals surface area contributed by atoms with Gasteiger partial charge in [-0.2, -0.15) is 0 Å². The molecular formula is C11H23NO2. The third kappa shape index (κ3) is 2.94. The minimum absolute atomic E-state index is 0.210. The van der Waals surface area contributed by atoms with E-state index in [1.165, 1.54) is 19.3 Å². The summed E-state index contributed by atoms with van der Waals surface area (Å²) < 4.78 is 11.2. The average molecular weight is 201 g/mol. The van der Waals surface area contributed by atoms with E-state index in [1.54, 1.807) is 0 Å². The topological polar surface area (TPSA) is 44.5 Å². The number of rotatable bonds is 5. The van der Waals surface area contributed by atoms with Gasteiger partial charge >= 0.3 is 0 Å². The fraction of sp³-hybridized carbons (Fsp3) is 1.00. The largest absolute Gasteiger partial charge is 0.351 e. The number of ether oxygens (including phenoxy) is 2. The highest BCUT2D eigenvalue weighted by Crippen LogP contribution is 2.30. The molecule has 1 saturated carbocycles. The van der Waals surface area contributed by atoms with Crippen molar-refractivity contribution in [2.24, 2.45) is 5.73 Å². The molecule has 84 valence electrons. The predicted octanol–water partition coefficient (Wildman–Crippen LogP) is 2.05. The molecule has 0 aromatic heterocycles. The molecule has 0 saturated heterocycles. The van der Waals surface area contributed by atoms with E-state index in [9.17, 15) is 0 Å². The van der Waals surface area contributed by atoms with Gasteiger partial charge in [0.2, 0.25) is 0 Å². The highest BCUT2D eigenvalue weighted by atomic mass is 16.7. The van der Waals surface area contributed by atoms with E-state index in [1.807, 2.05) is 13.8 Å². The SMILES string of the molecule is CCOC(OCC)C1(N)CCCCC1. The van der Waals surface area contributed by atoms with Crippen LogP contribution in [0, 0.1) is 0 Å². The molecule has 0 radical (unpaired) electrons. The summed E-state index contributed by atoms with van der Waals surface area (Å²) in [6, 6.07) is 0. The smallest absolute Gasteiger partial charge is 0.175 e. The van der Waals surface area contributed by atoms with Gasteiger partial charge in [-0.3, -0.25) is 0 Å². The van der Waals surface area contributed by atoms with Gasteiger partial charge in [-0.05, 0) is 26.7 Å². The normalized spacial score (nSPS) is 21.4. The maximum absolute atomic E-state index is 6.33. The van der Waals surface area contributed by atoms with Crippen molar-refractivity contribution in [2.75, 3.05) is 13.2 Å². The van der Waals surface area contributed by atoms with Crippen LogP contribution in [0.25, 0.3) is 0 Å². The zero-order valence-electron chi connectivity index (χ0n) is 9.42. The summed E-state index contributed by atoms with van der Waals surface area (Å²) in [5.41, 5.74) is 6.08. The molecule has 0 unspecified atom stereocenters. The lowest BCUT2D eigenvalue weighted by Gasteiger charge is -2.39. The van der Waals surface area contributed by atoms with E-state index in [4.69, 9.17) is 15.2 Å². The lowest BCUT2D eigenvalue weighted by molar-refractivity contribution is -0.181. The van der Waals surface area contributed by atoms with Gasteiger partial charge in [0.25, 0.3) is 0 Å². The molecule has 0 bridgehead atoms. The van der Waals surface area contributed by atoms with Crippen LogP contribution in [0.4, 0.5) is 0 Å². The van der Waals surface area contributed by atoms with Crippen LogP contribution in [0.15, 0.2) is 0 Å². The van der Waals surface area contributed by atoms with Gasteiger partial charge in [0.05, 0.1) is 5.54 Å². The number of hydrogen-bond donors (Lipinski definition) is 1. The first-order valence-corrected chi connectivity index (χ1v) is 5.75. The first-order chi connectivity index (χ1) is 6.73. The molecule has 1 fully saturated rings. The van der Waals surface area contributed by atoms with Crippen molar-refractivity contribution >= 4 is 0 Å². The summed E-state index contributed by atoms with van der Waals surface area (Å²) in [6.07, 6.45) is 5.54. The molecule has 2 N–H and O–H groups in total. The zero-order valence-corrected chi connectivity index (χ0v) is 9.42. The standard InChI is InChI=1S/C11H23NO2/c1-3-13-10(14-4-2)11(12)8-6-5-7-9-11/h10H,3-9,12H2,1-2H3. The number of hydrogen-bond acceptors (Lipinski definition) is 3. The maximum Gasteiger partial charge on any atom is 0.175 e. The van der Waals surface area contributed by atoms with Crippen molar-refractivity contribution in [3.63, 3.8) is 0 Å². The molecule has 1 aliphatic carbocycles. The Hall–Kier alpha value is -0.120. The van der Waals surface area contributed by atoms with Crippen molar-refractivity contribution < 1.29 is 9.47 Å². The molecule has 0 aliphatic heterocycles. The molecule has 0 aromatic rings. The van der Waals surface area contributed by atoms with E-state index in [2.05, 4.69) is 0 Å². The Morgan fingerprint density at radius 2 is 1.57 bits per heavy atom. The van der Waals surface area contributed by atoms with Gasteiger partial charge in [0.15, 0.2) is 6.29 Å². The fourth-order valence-electron chi connectivity index (χ4n) is 2.13. The third-order valence-electron chi connectivity index (χ3n) is 2.89. The average Bonchev–Trinajstić information content (AvgIpc) is 2.19. The summed E-state index contributed by atoms with van der Waals surface area (Å²) in [5.74, 6) is 0. The van der Waals surface area contributed by atoms with Crippen LogP contribution in [0.1, 0.15) is 46.0 Å². The third-order valence-corrected chi connectivity index (χ3v) is 2.89. The number of nitrogens with two attached hydrogens (primary N) is 1. The predicted molar refractivity (Wildman–Crippen MR) is 57.0 cm³/mol. The summed E-state index contributed by atoms with van der Waals surface area (Å²) >= 11 is 0. The summed E-state index contributed by atoms with van der Waals surface area (Å²) in [4.78, 5) is 0. The van der Waals surface area contributed by atoms with Crippen LogP contribution in [0.2, 0.25) is 0 Å². The minimum Gasteiger partial charge on any atom is -0.351 e. The van der Waals surface area contributed by atoms with E-state index < -0.39 is 0 Å². The van der Waals surface area contributed by atoms with Gasteiger partial charge in [0.1, 0.15) is 0 Å². The Kier molecular flexibility index (Phi) is 4.85. The molecule has 0 aromatic carbocycles. The first kappa shape index (κ1) is 12.0. The van der Waals surface area contributed by atoms with Gasteiger partial charge < -0.3 is 15.2 Å². The van der Waals surface area contributed by atoms with Crippen molar-refractivity contribution in [1.29, 1.82) is 0 Å². The molecule has 0 spiro atoms. The van der Waals surface area contributed by atoms with E-state index in [-0.39, 0.29) is 11.8 Å². The Morgan fingerprint density at radius 3 is 2.00 bits per heavy atom. The maximum atomic E-state index is 6.33. The van der Waals surface area contributed by atoms with Crippen molar-refractivity contribution in [3.8, 4) is 0 Å². The second-order valence-electron chi connectivity index (χ2n) is 4.04. The molecule has 1 rings (SSSR count). The van der Waals surface area contributed by atoms with Crippen LogP contribution in [-0.4, -0.2) is 25.0 Å². The molecule has 0 heterocycles. The molecule has 3 nitrogen and oxygen atoms in total. The van der Waals surface area contributed by atoms with Crippen molar-refractivity contribution in [2.45, 2.75) is 57.8 Å². The van der Waals surface area contributed by atoms with Crippen LogP contribution in [0.5, 0.6) is 0 Å². The van der Waals surface area contributed by atoms with E-state index in [0.29, 0.717) is 13.2 Å². The van der Waals surface area contributed by atoms with Gasteiger partial charge in [0, 0.05) is 13.2 Å². The quantitative estimate of drug-likeness (QED) is 0.692. The van der Waals surface area contributed by atoms with Crippen LogP contribution >= 0.6 is 0 Å². The van der Waals surface area contributed by atoms with Crippen LogP contribution < -0.4 is 5.73 Å². The minimum atomic E-state index is -0.246. The Bertz CT molecular complexity index is 149. The zero-order chi connectivity index (χ0) is 10.4. The Labute approximate surface area is 86.9 Å². The van der Waals surface area contributed by atoms with E-state index >= 15 is 0 Å². The lowest BCUT2D eigenvalue weighted by atomic mass is 9.82. The summed E-state index contributed by atoms with van der Waals surface area (Å²) in [7, 11) is 0. The highest BCUT2D eigenvalue weighted by molar-refractivity contribution is 4.90. The van der Waals surface area contributed by atoms with Crippen LogP contribution in [-0.2, 0) is 9.47 Å². The Balaban J connectivity index is 2.53. The fourth-order valence-corrected chi connectivity index (χ4v) is 2.13. The molecular weight excluding hydrogens is 178 g/mol. The molecule has 0 amide bonds. The van der Waals surface area contributed by atoms with Crippen LogP contribution in [0.3, 0.4) is 0 Å². The molecule has 3 heteroatoms. The highest BCUT2D eigenvalue weighted by Gasteiger charge is 2.37. The van der Waals surface area contributed by atoms with Gasteiger partial charge in [-0.1, -0.05) is 19.3 Å². The molecule has 14 heavy (non-hydrogen) atoms. The summed E-state index contributed by atoms with van der Waals surface area (Å²) in [6.45, 7) is 5.31. The van der Waals surface area contributed by atoms with Gasteiger partial charge in [-0.25, -0.2) is 0 Å². The monoisotopic (exact) mass is 201 g/mol. The molecule has 1 aliphatic rings. The molecule has 0 atom stereocenters. The Morgan fingerprint density at radius 1 is 1.07 bits per heavy atom. The van der Waals surface area contributed by atoms with Crippen molar-refractivity contribution in [3.05, 3.63) is 0 Å². The summed E-state index contributed by atoms with van der Waals surface area (Å²) in [5, 5.41) is 0. The van der Waals surface area contributed by atoms with Gasteiger partial charge in [-0.15, -0.1) is 0 Å². The first-order valence-electron chi connectivity index (χ1n) is 5.75.